The predicted molar refractivity (Wildman–Crippen MR) is 76.4 cm³/mol. The van der Waals surface area contributed by atoms with Gasteiger partial charge in [-0.1, -0.05) is 6.92 Å². The van der Waals surface area contributed by atoms with Crippen LogP contribution in [0.25, 0.3) is 5.95 Å². The number of nitrogens with one attached hydrogen (secondary N) is 1. The molecule has 0 aliphatic rings. The van der Waals surface area contributed by atoms with E-state index >= 15 is 0 Å². The van der Waals surface area contributed by atoms with Gasteiger partial charge in [0.1, 0.15) is 6.33 Å². The van der Waals surface area contributed by atoms with Gasteiger partial charge in [0, 0.05) is 12.2 Å². The molecule has 2 rings (SSSR count). The van der Waals surface area contributed by atoms with Crippen molar-refractivity contribution in [3.05, 3.63) is 17.7 Å². The minimum absolute atomic E-state index is 0.332. The van der Waals surface area contributed by atoms with Crippen molar-refractivity contribution in [2.75, 3.05) is 18.5 Å². The van der Waals surface area contributed by atoms with Crippen LogP contribution in [0.15, 0.2) is 6.33 Å². The summed E-state index contributed by atoms with van der Waals surface area (Å²) in [6.07, 6.45) is 2.61. The average molecular weight is 276 g/mol. The number of imidazole rings is 1. The van der Waals surface area contributed by atoms with Crippen molar-refractivity contribution in [1.82, 2.24) is 24.5 Å². The van der Waals surface area contributed by atoms with Crippen LogP contribution in [0.1, 0.15) is 31.7 Å². The van der Waals surface area contributed by atoms with Gasteiger partial charge in [0.2, 0.25) is 11.9 Å². The molecule has 0 aromatic carbocycles. The van der Waals surface area contributed by atoms with Crippen LogP contribution in [-0.4, -0.2) is 37.7 Å². The monoisotopic (exact) mass is 276 g/mol. The van der Waals surface area contributed by atoms with E-state index in [1.807, 2.05) is 32.3 Å². The van der Waals surface area contributed by atoms with Crippen molar-refractivity contribution in [2.24, 2.45) is 0 Å². The number of rotatable bonds is 6. The van der Waals surface area contributed by atoms with Crippen LogP contribution < -0.4 is 10.1 Å². The van der Waals surface area contributed by atoms with E-state index in [1.165, 1.54) is 0 Å². The minimum atomic E-state index is 0.332. The van der Waals surface area contributed by atoms with Crippen LogP contribution in [0.5, 0.6) is 6.01 Å². The number of hydrogen-bond acceptors (Lipinski definition) is 6. The molecule has 7 heteroatoms. The van der Waals surface area contributed by atoms with Gasteiger partial charge in [-0.3, -0.25) is 4.57 Å². The zero-order valence-corrected chi connectivity index (χ0v) is 12.3. The fourth-order valence-electron chi connectivity index (χ4n) is 1.65. The summed E-state index contributed by atoms with van der Waals surface area (Å²) in [6, 6.07) is 0.332. The molecule has 2 aromatic rings. The zero-order chi connectivity index (χ0) is 14.5. The van der Waals surface area contributed by atoms with Gasteiger partial charge in [-0.2, -0.15) is 15.0 Å². The minimum Gasteiger partial charge on any atom is -0.463 e. The standard InChI is InChI=1S/C13H20N6O/c1-5-7-20-13-17-11(14-6-2)16-12(18-13)19-8-15-9(3)10(19)4/h8H,5-7H2,1-4H3,(H,14,16,17,18). The Morgan fingerprint density at radius 1 is 1.20 bits per heavy atom. The number of hydrogen-bond donors (Lipinski definition) is 1. The highest BCUT2D eigenvalue weighted by Crippen LogP contribution is 2.14. The molecule has 0 bridgehead atoms. The molecule has 0 aliphatic heterocycles. The third kappa shape index (κ3) is 3.04. The summed E-state index contributed by atoms with van der Waals surface area (Å²) in [7, 11) is 0. The molecule has 1 N–H and O–H groups in total. The lowest BCUT2D eigenvalue weighted by molar-refractivity contribution is 0.291. The van der Waals surface area contributed by atoms with E-state index in [0.717, 1.165) is 24.4 Å². The van der Waals surface area contributed by atoms with E-state index in [2.05, 4.69) is 25.3 Å². The average Bonchev–Trinajstić information content (AvgIpc) is 2.77. The first kappa shape index (κ1) is 14.2. The Kier molecular flexibility index (Phi) is 4.49. The van der Waals surface area contributed by atoms with Crippen molar-refractivity contribution in [3.8, 4) is 12.0 Å². The number of ether oxygens (including phenoxy) is 1. The number of anilines is 1. The highest BCUT2D eigenvalue weighted by molar-refractivity contribution is 5.32. The summed E-state index contributed by atoms with van der Waals surface area (Å²) in [5.41, 5.74) is 1.95. The maximum absolute atomic E-state index is 5.52. The fraction of sp³-hybridized carbons (Fsp3) is 0.538. The van der Waals surface area contributed by atoms with Crippen LogP contribution >= 0.6 is 0 Å². The highest BCUT2D eigenvalue weighted by Gasteiger charge is 2.12. The van der Waals surface area contributed by atoms with Crippen molar-refractivity contribution < 1.29 is 4.74 Å². The number of nitrogens with zero attached hydrogens (tertiary/aromatic N) is 5. The second-order valence-corrected chi connectivity index (χ2v) is 4.41. The van der Waals surface area contributed by atoms with E-state index in [0.29, 0.717) is 24.5 Å². The van der Waals surface area contributed by atoms with Gasteiger partial charge in [-0.25, -0.2) is 4.98 Å². The van der Waals surface area contributed by atoms with Gasteiger partial charge in [0.25, 0.3) is 0 Å². The third-order valence-corrected chi connectivity index (χ3v) is 2.84. The van der Waals surface area contributed by atoms with Crippen LogP contribution in [0, 0.1) is 13.8 Å². The molecule has 108 valence electrons. The predicted octanol–water partition coefficient (Wildman–Crippen LogP) is 1.89. The summed E-state index contributed by atoms with van der Waals surface area (Å²) in [6.45, 7) is 9.27. The molecule has 2 aromatic heterocycles. The summed E-state index contributed by atoms with van der Waals surface area (Å²) >= 11 is 0. The molecule has 0 saturated heterocycles. The highest BCUT2D eigenvalue weighted by atomic mass is 16.5. The van der Waals surface area contributed by atoms with Crippen LogP contribution in [0.2, 0.25) is 0 Å². The Morgan fingerprint density at radius 2 is 2.00 bits per heavy atom. The molecule has 2 heterocycles. The Labute approximate surface area is 118 Å². The molecule has 0 spiro atoms. The van der Waals surface area contributed by atoms with Gasteiger partial charge in [-0.15, -0.1) is 0 Å². The molecular weight excluding hydrogens is 256 g/mol. The molecule has 0 radical (unpaired) electrons. The van der Waals surface area contributed by atoms with Crippen molar-refractivity contribution >= 4 is 5.95 Å². The topological polar surface area (TPSA) is 77.8 Å². The molecule has 0 amide bonds. The third-order valence-electron chi connectivity index (χ3n) is 2.84. The Hall–Kier alpha value is -2.18. The molecule has 0 unspecified atom stereocenters. The summed E-state index contributed by atoms with van der Waals surface area (Å²) in [4.78, 5) is 17.2. The Morgan fingerprint density at radius 3 is 2.60 bits per heavy atom. The summed E-state index contributed by atoms with van der Waals surface area (Å²) in [5, 5.41) is 3.08. The van der Waals surface area contributed by atoms with E-state index in [9.17, 15) is 0 Å². The quantitative estimate of drug-likeness (QED) is 0.868. The molecule has 20 heavy (non-hydrogen) atoms. The molecule has 0 fully saturated rings. The normalized spacial score (nSPS) is 10.6. The fourth-order valence-corrected chi connectivity index (χ4v) is 1.65. The number of aryl methyl sites for hydroxylation is 1. The van der Waals surface area contributed by atoms with Crippen molar-refractivity contribution in [2.45, 2.75) is 34.1 Å². The first-order valence-electron chi connectivity index (χ1n) is 6.79. The second-order valence-electron chi connectivity index (χ2n) is 4.41. The Bertz CT molecular complexity index is 580. The molecule has 7 nitrogen and oxygen atoms in total. The SMILES string of the molecule is CCCOc1nc(NCC)nc(-n2cnc(C)c2C)n1. The van der Waals surface area contributed by atoms with Crippen LogP contribution in [0.3, 0.4) is 0 Å². The smallest absolute Gasteiger partial charge is 0.323 e. The maximum atomic E-state index is 5.52. The second kappa shape index (κ2) is 6.31. The van der Waals surface area contributed by atoms with Crippen LogP contribution in [-0.2, 0) is 0 Å². The van der Waals surface area contributed by atoms with E-state index in [4.69, 9.17) is 4.74 Å². The number of aromatic nitrogens is 5. The summed E-state index contributed by atoms with van der Waals surface area (Å²) < 4.78 is 7.35. The molecule has 0 saturated carbocycles. The van der Waals surface area contributed by atoms with Gasteiger partial charge >= 0.3 is 6.01 Å². The lowest BCUT2D eigenvalue weighted by atomic mass is 10.4. The van der Waals surface area contributed by atoms with Gasteiger partial charge in [-0.05, 0) is 27.2 Å². The molecule has 0 atom stereocenters. The lowest BCUT2D eigenvalue weighted by Crippen LogP contribution is -2.11. The van der Waals surface area contributed by atoms with Gasteiger partial charge in [0.15, 0.2) is 0 Å². The van der Waals surface area contributed by atoms with Gasteiger partial charge in [0.05, 0.1) is 12.3 Å². The van der Waals surface area contributed by atoms with E-state index in [-0.39, 0.29) is 0 Å². The molecular formula is C13H20N6O. The molecule has 0 aliphatic carbocycles. The largest absolute Gasteiger partial charge is 0.463 e. The van der Waals surface area contributed by atoms with Gasteiger partial charge < -0.3 is 10.1 Å². The first-order valence-corrected chi connectivity index (χ1v) is 6.79. The van der Waals surface area contributed by atoms with E-state index < -0.39 is 0 Å². The summed E-state index contributed by atoms with van der Waals surface area (Å²) in [5.74, 6) is 1.02. The lowest BCUT2D eigenvalue weighted by Gasteiger charge is -2.09. The van der Waals surface area contributed by atoms with Crippen molar-refractivity contribution in [3.63, 3.8) is 0 Å². The van der Waals surface area contributed by atoms with Crippen LogP contribution in [0.4, 0.5) is 5.95 Å². The first-order chi connectivity index (χ1) is 9.65. The zero-order valence-electron chi connectivity index (χ0n) is 12.3. The Balaban J connectivity index is 2.40. The van der Waals surface area contributed by atoms with E-state index in [1.54, 1.807) is 6.33 Å². The maximum Gasteiger partial charge on any atom is 0.323 e. The van der Waals surface area contributed by atoms with Crippen molar-refractivity contribution in [1.29, 1.82) is 0 Å².